The summed E-state index contributed by atoms with van der Waals surface area (Å²) in [7, 11) is 1.64. The van der Waals surface area contributed by atoms with E-state index in [4.69, 9.17) is 25.8 Å². The zero-order valence-electron chi connectivity index (χ0n) is 18.2. The Hall–Kier alpha value is -3.35. The molecule has 2 aliphatic rings. The monoisotopic (exact) mass is 465 g/mol. The highest BCUT2D eigenvalue weighted by molar-refractivity contribution is 6.32. The molecular formula is C26H21ClFNO4. The van der Waals surface area contributed by atoms with Crippen LogP contribution in [0.1, 0.15) is 32.6 Å². The molecule has 0 saturated heterocycles. The molecule has 0 spiro atoms. The fraction of sp³-hybridized carbons (Fsp3) is 0.192. The van der Waals surface area contributed by atoms with Crippen LogP contribution in [0.5, 0.6) is 17.2 Å². The summed E-state index contributed by atoms with van der Waals surface area (Å²) in [5, 5.41) is 0.211. The lowest BCUT2D eigenvalue weighted by atomic mass is 9.99. The van der Waals surface area contributed by atoms with Gasteiger partial charge in [0.1, 0.15) is 29.8 Å². The number of methoxy groups -OCH3 is 1. The fourth-order valence-corrected chi connectivity index (χ4v) is 4.38. The van der Waals surface area contributed by atoms with Gasteiger partial charge < -0.3 is 14.2 Å². The van der Waals surface area contributed by atoms with Crippen LogP contribution < -0.4 is 14.2 Å². The number of carbonyl (C=O) groups excluding carboxylic acids is 1. The average molecular weight is 466 g/mol. The molecule has 0 aromatic heterocycles. The standard InChI is InChI=1S/C26H21ClFNO4/c1-15-25-17(13-29(14-32-25)12-16-6-8-18(31-2)9-7-16)10-20-24(30)23(33-26(15)20)11-19-21(27)4-3-5-22(19)28/h3-11H,12-14H2,1-2H3/b23-11-. The van der Waals surface area contributed by atoms with Gasteiger partial charge in [0.05, 0.1) is 17.7 Å². The quantitative estimate of drug-likeness (QED) is 0.458. The molecule has 168 valence electrons. The van der Waals surface area contributed by atoms with Crippen LogP contribution in [-0.4, -0.2) is 24.5 Å². The molecule has 0 saturated carbocycles. The molecular weight excluding hydrogens is 445 g/mol. The summed E-state index contributed by atoms with van der Waals surface area (Å²) >= 11 is 6.12. The van der Waals surface area contributed by atoms with E-state index in [9.17, 15) is 9.18 Å². The normalized spacial score (nSPS) is 16.2. The van der Waals surface area contributed by atoms with E-state index in [1.807, 2.05) is 37.3 Å². The fourth-order valence-electron chi connectivity index (χ4n) is 4.17. The number of hydrogen-bond acceptors (Lipinski definition) is 5. The maximum atomic E-state index is 14.2. The number of allylic oxidation sites excluding steroid dienone is 1. The number of hydrogen-bond donors (Lipinski definition) is 0. The van der Waals surface area contributed by atoms with Crippen LogP contribution in [0, 0.1) is 12.7 Å². The predicted molar refractivity (Wildman–Crippen MR) is 123 cm³/mol. The Bertz CT molecular complexity index is 1270. The molecule has 7 heteroatoms. The van der Waals surface area contributed by atoms with Gasteiger partial charge in [-0.1, -0.05) is 29.8 Å². The third-order valence-electron chi connectivity index (χ3n) is 5.84. The van der Waals surface area contributed by atoms with E-state index in [-0.39, 0.29) is 22.1 Å². The van der Waals surface area contributed by atoms with Crippen molar-refractivity contribution >= 4 is 23.5 Å². The molecule has 5 nitrogen and oxygen atoms in total. The smallest absolute Gasteiger partial charge is 0.231 e. The number of rotatable bonds is 4. The minimum absolute atomic E-state index is 0.0394. The van der Waals surface area contributed by atoms with Crippen molar-refractivity contribution in [2.75, 3.05) is 13.8 Å². The van der Waals surface area contributed by atoms with Gasteiger partial charge in [0.25, 0.3) is 0 Å². The van der Waals surface area contributed by atoms with E-state index >= 15 is 0 Å². The van der Waals surface area contributed by atoms with Crippen molar-refractivity contribution in [3.8, 4) is 17.2 Å². The molecule has 0 atom stereocenters. The molecule has 3 aromatic carbocycles. The number of halogens is 2. The first-order valence-corrected chi connectivity index (χ1v) is 10.8. The van der Waals surface area contributed by atoms with Crippen LogP contribution >= 0.6 is 11.6 Å². The highest BCUT2D eigenvalue weighted by Gasteiger charge is 2.34. The molecule has 0 bridgehead atoms. The molecule has 0 amide bonds. The number of fused-ring (bicyclic) bond motifs is 2. The van der Waals surface area contributed by atoms with E-state index in [0.29, 0.717) is 31.1 Å². The zero-order chi connectivity index (χ0) is 23.1. The van der Waals surface area contributed by atoms with Gasteiger partial charge in [0, 0.05) is 29.8 Å². The lowest BCUT2D eigenvalue weighted by molar-refractivity contribution is 0.0876. The summed E-state index contributed by atoms with van der Waals surface area (Å²) in [6.45, 7) is 3.60. The lowest BCUT2D eigenvalue weighted by Gasteiger charge is -2.30. The van der Waals surface area contributed by atoms with Crippen LogP contribution in [0.4, 0.5) is 4.39 Å². The van der Waals surface area contributed by atoms with Crippen LogP contribution in [0.15, 0.2) is 54.3 Å². The van der Waals surface area contributed by atoms with Crippen LogP contribution in [0.2, 0.25) is 5.02 Å². The van der Waals surface area contributed by atoms with Crippen molar-refractivity contribution in [1.29, 1.82) is 0 Å². The molecule has 33 heavy (non-hydrogen) atoms. The highest BCUT2D eigenvalue weighted by Crippen LogP contribution is 2.43. The Kier molecular flexibility index (Phi) is 5.56. The van der Waals surface area contributed by atoms with Crippen molar-refractivity contribution < 1.29 is 23.4 Å². The Morgan fingerprint density at radius 3 is 2.70 bits per heavy atom. The van der Waals surface area contributed by atoms with Gasteiger partial charge in [0.15, 0.2) is 5.76 Å². The van der Waals surface area contributed by atoms with Crippen molar-refractivity contribution in [3.63, 3.8) is 0 Å². The predicted octanol–water partition coefficient (Wildman–Crippen LogP) is 5.76. The third kappa shape index (κ3) is 3.96. The molecule has 0 unspecified atom stereocenters. The summed E-state index contributed by atoms with van der Waals surface area (Å²) in [4.78, 5) is 15.2. The molecule has 0 fully saturated rings. The lowest BCUT2D eigenvalue weighted by Crippen LogP contribution is -2.32. The number of carbonyl (C=O) groups is 1. The topological polar surface area (TPSA) is 48.0 Å². The first kappa shape index (κ1) is 21.5. The van der Waals surface area contributed by atoms with E-state index in [1.54, 1.807) is 13.2 Å². The molecule has 0 radical (unpaired) electrons. The summed E-state index contributed by atoms with van der Waals surface area (Å²) in [6, 6.07) is 14.1. The number of ether oxygens (including phenoxy) is 3. The number of benzene rings is 3. The maximum absolute atomic E-state index is 14.2. The Morgan fingerprint density at radius 1 is 1.18 bits per heavy atom. The SMILES string of the molecule is COc1ccc(CN2COc3c(cc4c(c3C)O/C(=C\c3c(F)cccc3Cl)C4=O)C2)cc1. The van der Waals surface area contributed by atoms with Crippen LogP contribution in [0.3, 0.4) is 0 Å². The van der Waals surface area contributed by atoms with Gasteiger partial charge in [-0.3, -0.25) is 9.69 Å². The molecule has 0 aliphatic carbocycles. The Labute approximate surface area is 195 Å². The van der Waals surface area contributed by atoms with Crippen molar-refractivity contribution in [1.82, 2.24) is 4.90 Å². The van der Waals surface area contributed by atoms with E-state index in [1.165, 1.54) is 18.2 Å². The van der Waals surface area contributed by atoms with E-state index in [2.05, 4.69) is 4.90 Å². The van der Waals surface area contributed by atoms with Gasteiger partial charge in [-0.2, -0.15) is 0 Å². The van der Waals surface area contributed by atoms with Crippen molar-refractivity contribution in [3.05, 3.63) is 92.9 Å². The van der Waals surface area contributed by atoms with Crippen molar-refractivity contribution in [2.45, 2.75) is 20.0 Å². The molecule has 3 aromatic rings. The summed E-state index contributed by atoms with van der Waals surface area (Å²) < 4.78 is 31.3. The highest BCUT2D eigenvalue weighted by atomic mass is 35.5. The number of nitrogens with zero attached hydrogens (tertiary/aromatic N) is 1. The molecule has 2 heterocycles. The second kappa shape index (κ2) is 8.54. The first-order chi connectivity index (χ1) is 15.9. The summed E-state index contributed by atoms with van der Waals surface area (Å²) in [5.74, 6) is 1.19. The Balaban J connectivity index is 1.41. The van der Waals surface area contributed by atoms with Gasteiger partial charge in [-0.15, -0.1) is 0 Å². The van der Waals surface area contributed by atoms with Gasteiger partial charge in [-0.25, -0.2) is 4.39 Å². The minimum atomic E-state index is -0.518. The van der Waals surface area contributed by atoms with Crippen molar-refractivity contribution in [2.24, 2.45) is 0 Å². The van der Waals surface area contributed by atoms with E-state index in [0.717, 1.165) is 28.2 Å². The number of ketones is 1. The molecule has 0 N–H and O–H groups in total. The zero-order valence-corrected chi connectivity index (χ0v) is 18.9. The van der Waals surface area contributed by atoms with Gasteiger partial charge >= 0.3 is 0 Å². The van der Waals surface area contributed by atoms with Gasteiger partial charge in [-0.05, 0) is 48.9 Å². The second-order valence-electron chi connectivity index (χ2n) is 8.05. The minimum Gasteiger partial charge on any atom is -0.497 e. The first-order valence-electron chi connectivity index (χ1n) is 10.5. The van der Waals surface area contributed by atoms with Crippen LogP contribution in [0.25, 0.3) is 6.08 Å². The molecule has 5 rings (SSSR count). The maximum Gasteiger partial charge on any atom is 0.231 e. The number of Topliss-reactive ketones (excluding diaryl/α,β-unsaturated/α-hetero) is 1. The van der Waals surface area contributed by atoms with E-state index < -0.39 is 5.82 Å². The summed E-state index contributed by atoms with van der Waals surface area (Å²) in [6.07, 6.45) is 1.36. The van der Waals surface area contributed by atoms with Gasteiger partial charge in [0.2, 0.25) is 5.78 Å². The van der Waals surface area contributed by atoms with Crippen LogP contribution in [-0.2, 0) is 13.1 Å². The molecule has 2 aliphatic heterocycles. The summed E-state index contributed by atoms with van der Waals surface area (Å²) in [5.41, 5.74) is 3.36. The third-order valence-corrected chi connectivity index (χ3v) is 6.17. The Morgan fingerprint density at radius 2 is 1.97 bits per heavy atom. The second-order valence-corrected chi connectivity index (χ2v) is 8.46. The average Bonchev–Trinajstić information content (AvgIpc) is 3.12. The largest absolute Gasteiger partial charge is 0.497 e.